The van der Waals surface area contributed by atoms with E-state index in [0.717, 1.165) is 5.56 Å². The summed E-state index contributed by atoms with van der Waals surface area (Å²) in [6, 6.07) is 6.03. The molecular formula is C21H25N5O5S. The molecule has 1 aliphatic rings. The molecule has 3 heterocycles. The molecule has 1 fully saturated rings. The number of likely N-dealkylation sites (tertiary alicyclic amines) is 1. The lowest BCUT2D eigenvalue weighted by Crippen LogP contribution is -2.39. The third-order valence-electron chi connectivity index (χ3n) is 5.74. The zero-order valence-electron chi connectivity index (χ0n) is 17.9. The minimum atomic E-state index is -0.434. The monoisotopic (exact) mass is 459 g/mol. The summed E-state index contributed by atoms with van der Waals surface area (Å²) in [7, 11) is 0. The van der Waals surface area contributed by atoms with E-state index in [1.54, 1.807) is 19.1 Å². The number of aryl methyl sites for hydroxylation is 1. The second-order valence-corrected chi connectivity index (χ2v) is 8.69. The van der Waals surface area contributed by atoms with Crippen molar-refractivity contribution >= 4 is 28.0 Å². The fraction of sp³-hybridized carbons (Fsp3) is 0.476. The van der Waals surface area contributed by atoms with E-state index in [-0.39, 0.29) is 29.5 Å². The molecule has 2 aromatic heterocycles. The Morgan fingerprint density at radius 3 is 2.56 bits per heavy atom. The summed E-state index contributed by atoms with van der Waals surface area (Å²) >= 11 is 1.35. The maximum atomic E-state index is 12.2. The molecule has 3 aromatic rings. The number of aromatic nitrogens is 3. The van der Waals surface area contributed by atoms with Gasteiger partial charge in [-0.05, 0) is 38.4 Å². The Balaban J connectivity index is 1.68. The Kier molecular flexibility index (Phi) is 6.38. The number of carbonyl (C=O) groups excluding carboxylic acids is 1. The third kappa shape index (κ3) is 4.17. The molecule has 170 valence electrons. The van der Waals surface area contributed by atoms with Gasteiger partial charge in [-0.2, -0.15) is 4.52 Å². The summed E-state index contributed by atoms with van der Waals surface area (Å²) in [6.45, 7) is 5.35. The number of nitro benzene ring substituents is 1. The van der Waals surface area contributed by atoms with Crippen LogP contribution in [0, 0.1) is 16.0 Å². The average Bonchev–Trinajstić information content (AvgIpc) is 3.34. The Hall–Kier alpha value is -3.05. The van der Waals surface area contributed by atoms with Crippen LogP contribution in [0.25, 0.3) is 4.96 Å². The van der Waals surface area contributed by atoms with E-state index in [1.165, 1.54) is 28.0 Å². The van der Waals surface area contributed by atoms with Gasteiger partial charge in [0.15, 0.2) is 5.82 Å². The SMILES string of the molecule is CCOC(=O)C1CCN([C@@H](c2ccc([N+](=O)[O-])cc2)c2sc3nc(CC)nn3c2O)CC1. The van der Waals surface area contributed by atoms with Gasteiger partial charge in [-0.1, -0.05) is 30.4 Å². The molecule has 0 spiro atoms. The molecule has 11 heteroatoms. The molecule has 10 nitrogen and oxygen atoms in total. The lowest BCUT2D eigenvalue weighted by molar-refractivity contribution is -0.384. The Morgan fingerprint density at radius 1 is 1.31 bits per heavy atom. The molecule has 1 aromatic carbocycles. The summed E-state index contributed by atoms with van der Waals surface area (Å²) in [5, 5.41) is 26.4. The minimum absolute atomic E-state index is 0.00739. The molecule has 0 bridgehead atoms. The number of carbonyl (C=O) groups is 1. The highest BCUT2D eigenvalue weighted by molar-refractivity contribution is 7.17. The van der Waals surface area contributed by atoms with E-state index in [1.807, 2.05) is 6.92 Å². The van der Waals surface area contributed by atoms with Crippen LogP contribution in [-0.4, -0.2) is 55.2 Å². The molecule has 1 N–H and O–H groups in total. The average molecular weight is 460 g/mol. The zero-order valence-corrected chi connectivity index (χ0v) is 18.7. The number of rotatable bonds is 7. The van der Waals surface area contributed by atoms with E-state index in [0.29, 0.717) is 54.6 Å². The minimum Gasteiger partial charge on any atom is -0.492 e. The summed E-state index contributed by atoms with van der Waals surface area (Å²) in [6.07, 6.45) is 1.95. The van der Waals surface area contributed by atoms with Gasteiger partial charge in [-0.25, -0.2) is 4.98 Å². The van der Waals surface area contributed by atoms with Crippen LogP contribution in [0.2, 0.25) is 0 Å². The van der Waals surface area contributed by atoms with Crippen LogP contribution in [0.5, 0.6) is 5.88 Å². The quantitative estimate of drug-likeness (QED) is 0.324. The van der Waals surface area contributed by atoms with Crippen LogP contribution in [0.3, 0.4) is 0 Å². The topological polar surface area (TPSA) is 123 Å². The van der Waals surface area contributed by atoms with Gasteiger partial charge in [0.25, 0.3) is 5.69 Å². The lowest BCUT2D eigenvalue weighted by atomic mass is 9.93. The van der Waals surface area contributed by atoms with Crippen molar-refractivity contribution in [1.82, 2.24) is 19.5 Å². The van der Waals surface area contributed by atoms with E-state index < -0.39 is 4.92 Å². The predicted molar refractivity (Wildman–Crippen MR) is 118 cm³/mol. The first-order chi connectivity index (χ1) is 15.4. The standard InChI is InChI=1S/C21H25N5O5S/c1-3-16-22-21-25(23-16)19(27)18(32-21)17(13-5-7-15(8-6-13)26(29)30)24-11-9-14(10-12-24)20(28)31-4-2/h5-8,14,17,27H,3-4,9-12H2,1-2H3/t17-/m0/s1. The molecule has 0 radical (unpaired) electrons. The summed E-state index contributed by atoms with van der Waals surface area (Å²) in [5.74, 6) is 0.354. The van der Waals surface area contributed by atoms with Gasteiger partial charge in [-0.3, -0.25) is 19.8 Å². The van der Waals surface area contributed by atoms with E-state index in [2.05, 4.69) is 15.0 Å². The number of thiazole rings is 1. The molecule has 4 rings (SSSR count). The number of nitrogens with zero attached hydrogens (tertiary/aromatic N) is 5. The maximum absolute atomic E-state index is 12.2. The lowest BCUT2D eigenvalue weighted by Gasteiger charge is -2.36. The number of fused-ring (bicyclic) bond motifs is 1. The van der Waals surface area contributed by atoms with Crippen molar-refractivity contribution in [2.24, 2.45) is 5.92 Å². The van der Waals surface area contributed by atoms with E-state index in [9.17, 15) is 20.0 Å². The van der Waals surface area contributed by atoms with Crippen molar-refractivity contribution in [2.75, 3.05) is 19.7 Å². The highest BCUT2D eigenvalue weighted by Crippen LogP contribution is 2.41. The molecular weight excluding hydrogens is 434 g/mol. The molecule has 1 aliphatic heterocycles. The highest BCUT2D eigenvalue weighted by Gasteiger charge is 2.34. The Morgan fingerprint density at radius 2 is 2.00 bits per heavy atom. The van der Waals surface area contributed by atoms with Crippen molar-refractivity contribution < 1.29 is 19.6 Å². The van der Waals surface area contributed by atoms with Crippen molar-refractivity contribution in [1.29, 1.82) is 0 Å². The van der Waals surface area contributed by atoms with Gasteiger partial charge in [0, 0.05) is 18.6 Å². The van der Waals surface area contributed by atoms with E-state index in [4.69, 9.17) is 4.74 Å². The van der Waals surface area contributed by atoms with Crippen LogP contribution in [0.15, 0.2) is 24.3 Å². The van der Waals surface area contributed by atoms with Crippen LogP contribution in [0.4, 0.5) is 5.69 Å². The van der Waals surface area contributed by atoms with Gasteiger partial charge in [0.1, 0.15) is 0 Å². The molecule has 1 saturated heterocycles. The van der Waals surface area contributed by atoms with Crippen LogP contribution < -0.4 is 0 Å². The maximum Gasteiger partial charge on any atom is 0.309 e. The first-order valence-electron chi connectivity index (χ1n) is 10.6. The molecule has 0 amide bonds. The summed E-state index contributed by atoms with van der Waals surface area (Å²) in [4.78, 5) is 30.7. The fourth-order valence-corrected chi connectivity index (χ4v) is 5.21. The van der Waals surface area contributed by atoms with Crippen molar-refractivity contribution in [3.05, 3.63) is 50.6 Å². The molecule has 32 heavy (non-hydrogen) atoms. The number of esters is 1. The van der Waals surface area contributed by atoms with Gasteiger partial charge < -0.3 is 9.84 Å². The summed E-state index contributed by atoms with van der Waals surface area (Å²) < 4.78 is 6.62. The zero-order chi connectivity index (χ0) is 22.8. The first kappa shape index (κ1) is 22.2. The van der Waals surface area contributed by atoms with Gasteiger partial charge in [-0.15, -0.1) is 5.10 Å². The largest absolute Gasteiger partial charge is 0.492 e. The molecule has 1 atom stereocenters. The van der Waals surface area contributed by atoms with E-state index >= 15 is 0 Å². The first-order valence-corrected chi connectivity index (χ1v) is 11.5. The number of ether oxygens (including phenoxy) is 1. The number of aromatic hydroxyl groups is 1. The Bertz CT molecular complexity index is 1120. The van der Waals surface area contributed by atoms with Crippen LogP contribution in [0.1, 0.15) is 49.0 Å². The van der Waals surface area contributed by atoms with Crippen molar-refractivity contribution in [3.8, 4) is 5.88 Å². The smallest absolute Gasteiger partial charge is 0.309 e. The number of benzene rings is 1. The molecule has 0 unspecified atom stereocenters. The number of hydrogen-bond donors (Lipinski definition) is 1. The summed E-state index contributed by atoms with van der Waals surface area (Å²) in [5.41, 5.74) is 0.827. The second-order valence-electron chi connectivity index (χ2n) is 7.68. The van der Waals surface area contributed by atoms with Gasteiger partial charge >= 0.3 is 5.97 Å². The molecule has 0 saturated carbocycles. The predicted octanol–water partition coefficient (Wildman–Crippen LogP) is 3.33. The highest BCUT2D eigenvalue weighted by atomic mass is 32.1. The van der Waals surface area contributed by atoms with Crippen molar-refractivity contribution in [2.45, 2.75) is 39.2 Å². The fourth-order valence-electron chi connectivity index (χ4n) is 4.08. The number of non-ortho nitro benzene ring substituents is 1. The second kappa shape index (κ2) is 9.21. The Labute approximate surface area is 188 Å². The van der Waals surface area contributed by atoms with Crippen LogP contribution >= 0.6 is 11.3 Å². The third-order valence-corrected chi connectivity index (χ3v) is 6.81. The van der Waals surface area contributed by atoms with Crippen LogP contribution in [-0.2, 0) is 16.0 Å². The van der Waals surface area contributed by atoms with Gasteiger partial charge in [0.05, 0.1) is 28.4 Å². The number of piperidine rings is 1. The normalized spacial score (nSPS) is 16.3. The van der Waals surface area contributed by atoms with Gasteiger partial charge in [0.2, 0.25) is 10.8 Å². The van der Waals surface area contributed by atoms with Crippen molar-refractivity contribution in [3.63, 3.8) is 0 Å². The number of hydrogen-bond acceptors (Lipinski definition) is 9. The molecule has 0 aliphatic carbocycles. The number of nitro groups is 1.